The summed E-state index contributed by atoms with van der Waals surface area (Å²) in [5.74, 6) is -1.65. The Morgan fingerprint density at radius 1 is 1.17 bits per heavy atom. The van der Waals surface area contributed by atoms with E-state index >= 15 is 0 Å². The summed E-state index contributed by atoms with van der Waals surface area (Å²) in [6.07, 6.45) is 0. The van der Waals surface area contributed by atoms with Crippen molar-refractivity contribution in [3.05, 3.63) is 59.2 Å². The summed E-state index contributed by atoms with van der Waals surface area (Å²) in [5, 5.41) is 13.1. The van der Waals surface area contributed by atoms with Crippen molar-refractivity contribution in [1.29, 1.82) is 0 Å². The van der Waals surface area contributed by atoms with Crippen molar-refractivity contribution in [2.75, 3.05) is 13.3 Å². The van der Waals surface area contributed by atoms with Gasteiger partial charge in [0.15, 0.2) is 23.1 Å². The molecule has 1 amide bonds. The van der Waals surface area contributed by atoms with E-state index in [-0.39, 0.29) is 18.9 Å². The fourth-order valence-electron chi connectivity index (χ4n) is 2.33. The number of hydrogen-bond acceptors (Lipinski definition) is 4. The topological polar surface area (TPSA) is 67.8 Å². The quantitative estimate of drug-likeness (QED) is 0.900. The van der Waals surface area contributed by atoms with Crippen molar-refractivity contribution in [2.45, 2.75) is 12.5 Å². The number of benzene rings is 2. The van der Waals surface area contributed by atoms with Gasteiger partial charge in [-0.1, -0.05) is 6.07 Å². The molecule has 0 aromatic heterocycles. The Hall–Kier alpha value is -2.67. The predicted molar refractivity (Wildman–Crippen MR) is 80.8 cm³/mol. The molecule has 0 spiro atoms. The van der Waals surface area contributed by atoms with Gasteiger partial charge in [-0.05, 0) is 42.8 Å². The number of aliphatic hydroxyl groups is 1. The molecule has 1 heterocycles. The first-order valence-corrected chi connectivity index (χ1v) is 7.22. The van der Waals surface area contributed by atoms with Crippen LogP contribution in [0.15, 0.2) is 36.4 Å². The van der Waals surface area contributed by atoms with E-state index in [9.17, 15) is 18.7 Å². The van der Waals surface area contributed by atoms with Gasteiger partial charge >= 0.3 is 0 Å². The summed E-state index contributed by atoms with van der Waals surface area (Å²) in [4.78, 5) is 12.0. The molecule has 0 bridgehead atoms. The van der Waals surface area contributed by atoms with Gasteiger partial charge in [0.25, 0.3) is 5.91 Å². The number of rotatable bonds is 4. The number of amides is 1. The largest absolute Gasteiger partial charge is 0.454 e. The van der Waals surface area contributed by atoms with Crippen LogP contribution < -0.4 is 14.8 Å². The molecule has 2 aromatic carbocycles. The normalized spacial score (nSPS) is 15.0. The zero-order valence-corrected chi connectivity index (χ0v) is 12.8. The third-order valence-electron chi connectivity index (χ3n) is 3.77. The minimum Gasteiger partial charge on any atom is -0.454 e. The van der Waals surface area contributed by atoms with Crippen molar-refractivity contribution < 1.29 is 28.2 Å². The number of fused-ring (bicyclic) bond motifs is 1. The smallest absolute Gasteiger partial charge is 0.251 e. The molecular formula is C17H15F2NO4. The van der Waals surface area contributed by atoms with Crippen molar-refractivity contribution in [1.82, 2.24) is 5.32 Å². The van der Waals surface area contributed by atoms with E-state index < -0.39 is 23.1 Å². The van der Waals surface area contributed by atoms with E-state index in [2.05, 4.69) is 5.32 Å². The Morgan fingerprint density at radius 3 is 2.67 bits per heavy atom. The van der Waals surface area contributed by atoms with Gasteiger partial charge in [0.1, 0.15) is 5.60 Å². The highest BCUT2D eigenvalue weighted by atomic mass is 19.2. The molecule has 0 aliphatic carbocycles. The number of hydrogen-bond donors (Lipinski definition) is 2. The van der Waals surface area contributed by atoms with Crippen molar-refractivity contribution in [3.63, 3.8) is 0 Å². The lowest BCUT2D eigenvalue weighted by Gasteiger charge is -2.24. The maximum absolute atomic E-state index is 13.2. The summed E-state index contributed by atoms with van der Waals surface area (Å²) in [7, 11) is 0. The lowest BCUT2D eigenvalue weighted by molar-refractivity contribution is 0.0524. The lowest BCUT2D eigenvalue weighted by Crippen LogP contribution is -2.38. The molecular weight excluding hydrogens is 320 g/mol. The highest BCUT2D eigenvalue weighted by Gasteiger charge is 2.27. The van der Waals surface area contributed by atoms with Crippen LogP contribution in [0.1, 0.15) is 22.8 Å². The number of carbonyl (C=O) groups excluding carboxylic acids is 1. The number of carbonyl (C=O) groups is 1. The first kappa shape index (κ1) is 16.2. The van der Waals surface area contributed by atoms with Gasteiger partial charge < -0.3 is 19.9 Å². The molecule has 24 heavy (non-hydrogen) atoms. The molecule has 7 heteroatoms. The molecule has 0 saturated carbocycles. The number of halogens is 2. The van der Waals surface area contributed by atoms with Crippen LogP contribution in [0.2, 0.25) is 0 Å². The monoisotopic (exact) mass is 335 g/mol. The Morgan fingerprint density at radius 2 is 1.92 bits per heavy atom. The first-order chi connectivity index (χ1) is 11.4. The van der Waals surface area contributed by atoms with Gasteiger partial charge in [0.2, 0.25) is 6.79 Å². The maximum atomic E-state index is 13.2. The van der Waals surface area contributed by atoms with Crippen LogP contribution in [-0.4, -0.2) is 24.4 Å². The lowest BCUT2D eigenvalue weighted by atomic mass is 9.95. The second-order valence-electron chi connectivity index (χ2n) is 5.65. The van der Waals surface area contributed by atoms with E-state index in [4.69, 9.17) is 9.47 Å². The van der Waals surface area contributed by atoms with Crippen LogP contribution in [0.5, 0.6) is 11.5 Å². The predicted octanol–water partition coefficient (Wildman–Crippen LogP) is 2.33. The summed E-state index contributed by atoms with van der Waals surface area (Å²) in [6, 6.07) is 7.82. The van der Waals surface area contributed by atoms with E-state index in [0.29, 0.717) is 17.1 Å². The molecule has 5 nitrogen and oxygen atoms in total. The van der Waals surface area contributed by atoms with Crippen molar-refractivity contribution >= 4 is 5.91 Å². The summed E-state index contributed by atoms with van der Waals surface area (Å²) in [5.41, 5.74) is -0.886. The molecule has 0 fully saturated rings. The van der Waals surface area contributed by atoms with E-state index in [1.165, 1.54) is 13.0 Å². The third-order valence-corrected chi connectivity index (χ3v) is 3.77. The van der Waals surface area contributed by atoms with Gasteiger partial charge in [-0.15, -0.1) is 0 Å². The number of ether oxygens (including phenoxy) is 2. The maximum Gasteiger partial charge on any atom is 0.251 e. The molecule has 1 aliphatic heterocycles. The Balaban J connectivity index is 1.70. The standard InChI is InChI=1S/C17H15F2NO4/c1-17(22,11-3-5-14-15(7-11)24-9-23-14)8-20-16(21)10-2-4-12(18)13(19)6-10/h2-7,22H,8-9H2,1H3,(H,20,21). The molecule has 1 aliphatic rings. The van der Waals surface area contributed by atoms with Gasteiger partial charge in [-0.25, -0.2) is 8.78 Å². The summed E-state index contributed by atoms with van der Waals surface area (Å²) in [6.45, 7) is 1.52. The average molecular weight is 335 g/mol. The van der Waals surface area contributed by atoms with Crippen LogP contribution in [-0.2, 0) is 5.60 Å². The van der Waals surface area contributed by atoms with Crippen LogP contribution >= 0.6 is 0 Å². The second kappa shape index (κ2) is 6.09. The van der Waals surface area contributed by atoms with Gasteiger partial charge in [0.05, 0.1) is 6.54 Å². The molecule has 2 N–H and O–H groups in total. The highest BCUT2D eigenvalue weighted by molar-refractivity contribution is 5.94. The van der Waals surface area contributed by atoms with Crippen LogP contribution in [0.3, 0.4) is 0 Å². The van der Waals surface area contributed by atoms with Gasteiger partial charge in [-0.2, -0.15) is 0 Å². The van der Waals surface area contributed by atoms with E-state index in [0.717, 1.165) is 12.1 Å². The zero-order valence-electron chi connectivity index (χ0n) is 12.8. The molecule has 2 aromatic rings. The van der Waals surface area contributed by atoms with E-state index in [1.54, 1.807) is 18.2 Å². The third kappa shape index (κ3) is 3.16. The Bertz CT molecular complexity index is 792. The fourth-order valence-corrected chi connectivity index (χ4v) is 2.33. The van der Waals surface area contributed by atoms with Crippen LogP contribution in [0.4, 0.5) is 8.78 Å². The SMILES string of the molecule is CC(O)(CNC(=O)c1ccc(F)c(F)c1)c1ccc2c(c1)OCO2. The van der Waals surface area contributed by atoms with E-state index in [1.807, 2.05) is 0 Å². The molecule has 0 saturated heterocycles. The molecule has 1 atom stereocenters. The summed E-state index contributed by atoms with van der Waals surface area (Å²) >= 11 is 0. The fraction of sp³-hybridized carbons (Fsp3) is 0.235. The molecule has 126 valence electrons. The number of nitrogens with one attached hydrogen (secondary N) is 1. The zero-order chi connectivity index (χ0) is 17.3. The Labute approximate surface area is 136 Å². The molecule has 0 radical (unpaired) electrons. The molecule has 1 unspecified atom stereocenters. The van der Waals surface area contributed by atoms with Crippen molar-refractivity contribution in [2.24, 2.45) is 0 Å². The van der Waals surface area contributed by atoms with Gasteiger partial charge in [-0.3, -0.25) is 4.79 Å². The van der Waals surface area contributed by atoms with Gasteiger partial charge in [0, 0.05) is 5.56 Å². The second-order valence-corrected chi connectivity index (χ2v) is 5.65. The Kier molecular flexibility index (Phi) is 4.11. The van der Waals surface area contributed by atoms with Crippen LogP contribution in [0.25, 0.3) is 0 Å². The minimum absolute atomic E-state index is 0.0320. The average Bonchev–Trinajstić information content (AvgIpc) is 3.03. The van der Waals surface area contributed by atoms with Crippen LogP contribution in [0, 0.1) is 11.6 Å². The van der Waals surface area contributed by atoms with Crippen molar-refractivity contribution in [3.8, 4) is 11.5 Å². The first-order valence-electron chi connectivity index (χ1n) is 7.22. The molecule has 3 rings (SSSR count). The minimum atomic E-state index is -1.38. The highest BCUT2D eigenvalue weighted by Crippen LogP contribution is 2.35. The summed E-state index contributed by atoms with van der Waals surface area (Å²) < 4.78 is 36.5.